The number of carbonyl (C=O) groups excluding carboxylic acids is 2. The number of non-ortho nitro benzene ring substituents is 1. The van der Waals surface area contributed by atoms with Gasteiger partial charge in [0.25, 0.3) is 5.69 Å². The van der Waals surface area contributed by atoms with Crippen molar-refractivity contribution in [1.82, 2.24) is 0 Å². The first-order valence-electron chi connectivity index (χ1n) is 7.24. The molecule has 24 heavy (non-hydrogen) atoms. The molecule has 0 N–H and O–H groups in total. The summed E-state index contributed by atoms with van der Waals surface area (Å²) >= 11 is 0. The first-order valence-corrected chi connectivity index (χ1v) is 7.24. The van der Waals surface area contributed by atoms with Crippen LogP contribution in [0.2, 0.25) is 0 Å². The summed E-state index contributed by atoms with van der Waals surface area (Å²) in [6, 6.07) is 5.05. The van der Waals surface area contributed by atoms with Crippen molar-refractivity contribution in [2.75, 3.05) is 0 Å². The van der Waals surface area contributed by atoms with E-state index in [4.69, 9.17) is 14.2 Å². The van der Waals surface area contributed by atoms with Gasteiger partial charge in [0, 0.05) is 12.1 Å². The van der Waals surface area contributed by atoms with Gasteiger partial charge in [0.2, 0.25) is 5.76 Å². The second-order valence-electron chi connectivity index (χ2n) is 5.30. The molecule has 8 heteroatoms. The van der Waals surface area contributed by atoms with E-state index in [1.807, 2.05) is 0 Å². The zero-order valence-corrected chi connectivity index (χ0v) is 13.8. The summed E-state index contributed by atoms with van der Waals surface area (Å²) in [6.07, 6.45) is 0.101. The Balaban J connectivity index is 2.99. The average molecular weight is 337 g/mol. The van der Waals surface area contributed by atoms with Crippen LogP contribution in [0.3, 0.4) is 0 Å². The Morgan fingerprint density at radius 1 is 1.04 bits per heavy atom. The normalized spacial score (nSPS) is 11.3. The number of esters is 2. The van der Waals surface area contributed by atoms with Crippen molar-refractivity contribution in [1.29, 1.82) is 0 Å². The van der Waals surface area contributed by atoms with E-state index in [1.165, 1.54) is 24.3 Å². The zero-order chi connectivity index (χ0) is 18.3. The van der Waals surface area contributed by atoms with Gasteiger partial charge in [-0.1, -0.05) is 0 Å². The third-order valence-electron chi connectivity index (χ3n) is 2.42. The zero-order valence-electron chi connectivity index (χ0n) is 13.8. The van der Waals surface area contributed by atoms with Gasteiger partial charge in [0.05, 0.1) is 23.2 Å². The first-order chi connectivity index (χ1) is 11.2. The van der Waals surface area contributed by atoms with Crippen molar-refractivity contribution < 1.29 is 28.7 Å². The Labute approximate surface area is 139 Å². The lowest BCUT2D eigenvalue weighted by molar-refractivity contribution is -0.384. The van der Waals surface area contributed by atoms with Gasteiger partial charge in [-0.05, 0) is 39.8 Å². The number of hydrogen-bond donors (Lipinski definition) is 0. The van der Waals surface area contributed by atoms with Crippen LogP contribution in [0.1, 0.15) is 27.7 Å². The Morgan fingerprint density at radius 2 is 1.58 bits per heavy atom. The predicted molar refractivity (Wildman–Crippen MR) is 84.3 cm³/mol. The molecule has 0 spiro atoms. The molecule has 1 rings (SSSR count). The highest BCUT2D eigenvalue weighted by Gasteiger charge is 2.19. The van der Waals surface area contributed by atoms with E-state index < -0.39 is 23.0 Å². The second-order valence-corrected chi connectivity index (χ2v) is 5.30. The number of carbonyl (C=O) groups is 2. The lowest BCUT2D eigenvalue weighted by Crippen LogP contribution is -2.19. The molecule has 0 radical (unpaired) electrons. The van der Waals surface area contributed by atoms with Crippen molar-refractivity contribution in [2.45, 2.75) is 39.9 Å². The fourth-order valence-corrected chi connectivity index (χ4v) is 1.54. The number of hydrogen-bond acceptors (Lipinski definition) is 7. The van der Waals surface area contributed by atoms with E-state index in [-0.39, 0.29) is 23.3 Å². The first kappa shape index (κ1) is 19.1. The molecular weight excluding hydrogens is 318 g/mol. The number of ether oxygens (including phenoxy) is 3. The van der Waals surface area contributed by atoms with E-state index >= 15 is 0 Å². The quantitative estimate of drug-likeness (QED) is 0.248. The maximum absolute atomic E-state index is 12.0. The van der Waals surface area contributed by atoms with Gasteiger partial charge in [-0.3, -0.25) is 10.1 Å². The summed E-state index contributed by atoms with van der Waals surface area (Å²) in [5.41, 5.74) is -0.128. The van der Waals surface area contributed by atoms with Gasteiger partial charge in [0.1, 0.15) is 5.75 Å². The van der Waals surface area contributed by atoms with Gasteiger partial charge in [-0.15, -0.1) is 0 Å². The van der Waals surface area contributed by atoms with Crippen LogP contribution < -0.4 is 4.74 Å². The average Bonchev–Trinajstić information content (AvgIpc) is 2.45. The lowest BCUT2D eigenvalue weighted by atomic mass is 10.3. The van der Waals surface area contributed by atoms with Gasteiger partial charge >= 0.3 is 11.9 Å². The Hall–Kier alpha value is -2.90. The smallest absolute Gasteiger partial charge is 0.374 e. The number of rotatable bonds is 7. The van der Waals surface area contributed by atoms with E-state index in [1.54, 1.807) is 27.7 Å². The van der Waals surface area contributed by atoms with Crippen LogP contribution in [0.4, 0.5) is 5.69 Å². The molecule has 0 fully saturated rings. The summed E-state index contributed by atoms with van der Waals surface area (Å²) in [5, 5.41) is 10.6. The third kappa shape index (κ3) is 6.47. The van der Waals surface area contributed by atoms with E-state index in [0.717, 1.165) is 6.08 Å². The molecule has 0 aliphatic carbocycles. The van der Waals surface area contributed by atoms with Crippen LogP contribution in [-0.2, 0) is 19.1 Å². The molecule has 0 aliphatic rings. The summed E-state index contributed by atoms with van der Waals surface area (Å²) in [5.74, 6) is -1.83. The maximum atomic E-state index is 12.0. The van der Waals surface area contributed by atoms with Gasteiger partial charge < -0.3 is 14.2 Å². The molecule has 0 saturated carbocycles. The monoisotopic (exact) mass is 337 g/mol. The molecule has 1 aromatic rings. The topological polar surface area (TPSA) is 105 Å². The number of nitro groups is 1. The molecule has 0 bridgehead atoms. The molecule has 0 aromatic heterocycles. The van der Waals surface area contributed by atoms with Crippen LogP contribution >= 0.6 is 0 Å². The molecule has 1 aromatic carbocycles. The highest BCUT2D eigenvalue weighted by Crippen LogP contribution is 2.20. The number of nitro benzene ring substituents is 1. The minimum Gasteiger partial charge on any atom is -0.460 e. The maximum Gasteiger partial charge on any atom is 0.374 e. The summed E-state index contributed by atoms with van der Waals surface area (Å²) in [7, 11) is 0. The molecule has 0 saturated heterocycles. The van der Waals surface area contributed by atoms with Gasteiger partial charge in [-0.2, -0.15) is 0 Å². The standard InChI is InChI=1S/C16H19NO7/c1-10(2)22-15(18)9-14(16(19)23-11(3)4)24-13-7-5-12(6-8-13)17(20)21/h5-11H,1-4H3/b14-9-. The van der Waals surface area contributed by atoms with Crippen molar-refractivity contribution in [3.05, 3.63) is 46.2 Å². The van der Waals surface area contributed by atoms with Crippen molar-refractivity contribution in [3.63, 3.8) is 0 Å². The van der Waals surface area contributed by atoms with Crippen LogP contribution in [0.5, 0.6) is 5.75 Å². The van der Waals surface area contributed by atoms with Crippen LogP contribution in [0, 0.1) is 10.1 Å². The highest BCUT2D eigenvalue weighted by atomic mass is 16.6. The number of nitrogens with zero attached hydrogens (tertiary/aromatic N) is 1. The minimum atomic E-state index is -0.843. The van der Waals surface area contributed by atoms with Crippen LogP contribution in [0.15, 0.2) is 36.1 Å². The van der Waals surface area contributed by atoms with Gasteiger partial charge in [-0.25, -0.2) is 9.59 Å². The number of benzene rings is 1. The van der Waals surface area contributed by atoms with E-state index in [9.17, 15) is 19.7 Å². The van der Waals surface area contributed by atoms with Crippen LogP contribution in [0.25, 0.3) is 0 Å². The summed E-state index contributed by atoms with van der Waals surface area (Å²) in [4.78, 5) is 33.8. The fourth-order valence-electron chi connectivity index (χ4n) is 1.54. The predicted octanol–water partition coefficient (Wildman–Crippen LogP) is 2.76. The Kier molecular flexibility index (Phi) is 6.91. The second kappa shape index (κ2) is 8.66. The molecule has 8 nitrogen and oxygen atoms in total. The minimum absolute atomic E-state index is 0.128. The molecule has 0 heterocycles. The fraction of sp³-hybridized carbons (Fsp3) is 0.375. The largest absolute Gasteiger partial charge is 0.460 e. The molecule has 130 valence electrons. The van der Waals surface area contributed by atoms with Crippen molar-refractivity contribution in [3.8, 4) is 5.75 Å². The SMILES string of the molecule is CC(C)OC(=O)/C=C(\Oc1ccc([N+](=O)[O-])cc1)C(=O)OC(C)C. The van der Waals surface area contributed by atoms with Crippen LogP contribution in [-0.4, -0.2) is 29.1 Å². The highest BCUT2D eigenvalue weighted by molar-refractivity contribution is 5.95. The summed E-state index contributed by atoms with van der Waals surface area (Å²) in [6.45, 7) is 6.62. The lowest BCUT2D eigenvalue weighted by Gasteiger charge is -2.12. The Morgan fingerprint density at radius 3 is 2.04 bits per heavy atom. The molecule has 0 atom stereocenters. The van der Waals surface area contributed by atoms with E-state index in [0.29, 0.717) is 0 Å². The molecular formula is C16H19NO7. The molecule has 0 amide bonds. The summed E-state index contributed by atoms with van der Waals surface area (Å²) < 4.78 is 15.3. The molecule has 0 aliphatic heterocycles. The molecule has 0 unspecified atom stereocenters. The van der Waals surface area contributed by atoms with E-state index in [2.05, 4.69) is 0 Å². The third-order valence-corrected chi connectivity index (χ3v) is 2.42. The Bertz CT molecular complexity index is 632. The van der Waals surface area contributed by atoms with Crippen molar-refractivity contribution >= 4 is 17.6 Å². The van der Waals surface area contributed by atoms with Gasteiger partial charge in [0.15, 0.2) is 0 Å². The van der Waals surface area contributed by atoms with Crippen molar-refractivity contribution in [2.24, 2.45) is 0 Å².